The summed E-state index contributed by atoms with van der Waals surface area (Å²) >= 11 is 6.03. The van der Waals surface area contributed by atoms with Crippen LogP contribution in [-0.2, 0) is 11.3 Å². The number of nitrogens with zero attached hydrogens (tertiary/aromatic N) is 1. The number of para-hydroxylation sites is 1. The summed E-state index contributed by atoms with van der Waals surface area (Å²) in [5.41, 5.74) is 2.90. The summed E-state index contributed by atoms with van der Waals surface area (Å²) in [6, 6.07) is 15.5. The highest BCUT2D eigenvalue weighted by molar-refractivity contribution is 6.30. The highest BCUT2D eigenvalue weighted by atomic mass is 35.5. The quantitative estimate of drug-likeness (QED) is 0.864. The van der Waals surface area contributed by atoms with Crippen molar-refractivity contribution in [2.24, 2.45) is 0 Å². The minimum Gasteiger partial charge on any atom is -0.358 e. The summed E-state index contributed by atoms with van der Waals surface area (Å²) < 4.78 is 0. The molecule has 0 aliphatic carbocycles. The van der Waals surface area contributed by atoms with Gasteiger partial charge in [-0.15, -0.1) is 0 Å². The monoisotopic (exact) mass is 272 g/mol. The van der Waals surface area contributed by atoms with Gasteiger partial charge in [0.1, 0.15) is 0 Å². The molecule has 0 fully saturated rings. The number of benzene rings is 2. The molecule has 4 heteroatoms. The minimum atomic E-state index is -0.00933. The molecule has 0 unspecified atom stereocenters. The molecule has 1 amide bonds. The average Bonchev–Trinajstić information content (AvgIpc) is 2.58. The molecular formula is C15H13ClN2O. The lowest BCUT2D eigenvalue weighted by molar-refractivity contribution is -0.114. The first-order valence-corrected chi connectivity index (χ1v) is 6.48. The predicted octanol–water partition coefficient (Wildman–Crippen LogP) is 3.30. The molecule has 0 bridgehead atoms. The van der Waals surface area contributed by atoms with Gasteiger partial charge >= 0.3 is 0 Å². The molecule has 1 heterocycles. The van der Waals surface area contributed by atoms with Crippen LogP contribution in [0.2, 0.25) is 5.02 Å². The van der Waals surface area contributed by atoms with E-state index in [0.29, 0.717) is 18.1 Å². The van der Waals surface area contributed by atoms with E-state index in [9.17, 15) is 4.79 Å². The van der Waals surface area contributed by atoms with Crippen LogP contribution in [0.5, 0.6) is 0 Å². The predicted molar refractivity (Wildman–Crippen MR) is 77.6 cm³/mol. The lowest BCUT2D eigenvalue weighted by Crippen LogP contribution is -2.29. The van der Waals surface area contributed by atoms with Crippen molar-refractivity contribution in [1.82, 2.24) is 0 Å². The third-order valence-electron chi connectivity index (χ3n) is 3.16. The van der Waals surface area contributed by atoms with E-state index < -0.39 is 0 Å². The van der Waals surface area contributed by atoms with Crippen molar-refractivity contribution in [1.29, 1.82) is 0 Å². The Labute approximate surface area is 116 Å². The van der Waals surface area contributed by atoms with E-state index in [1.165, 1.54) is 0 Å². The Balaban J connectivity index is 1.99. The van der Waals surface area contributed by atoms with Crippen LogP contribution in [0.4, 0.5) is 11.4 Å². The Morgan fingerprint density at radius 3 is 2.63 bits per heavy atom. The van der Waals surface area contributed by atoms with Gasteiger partial charge in [-0.05, 0) is 35.9 Å². The van der Waals surface area contributed by atoms with Gasteiger partial charge < -0.3 is 10.2 Å². The summed E-state index contributed by atoms with van der Waals surface area (Å²) in [5.74, 6) is -0.00933. The fourth-order valence-electron chi connectivity index (χ4n) is 2.26. The van der Waals surface area contributed by atoms with Crippen LogP contribution in [-0.4, -0.2) is 12.5 Å². The second kappa shape index (κ2) is 4.94. The number of fused-ring (bicyclic) bond motifs is 1. The molecule has 0 spiro atoms. The fraction of sp³-hybridized carbons (Fsp3) is 0.133. The summed E-state index contributed by atoms with van der Waals surface area (Å²) in [6.07, 6.45) is 0. The summed E-state index contributed by atoms with van der Waals surface area (Å²) in [7, 11) is 0. The van der Waals surface area contributed by atoms with Gasteiger partial charge in [0, 0.05) is 22.9 Å². The second-order valence-electron chi connectivity index (χ2n) is 4.54. The molecule has 19 heavy (non-hydrogen) atoms. The lowest BCUT2D eigenvalue weighted by Gasteiger charge is -2.21. The smallest absolute Gasteiger partial charge is 0.243 e. The zero-order chi connectivity index (χ0) is 13.2. The number of hydrogen-bond donors (Lipinski definition) is 1. The fourth-order valence-corrected chi connectivity index (χ4v) is 2.46. The molecule has 0 saturated carbocycles. The van der Waals surface area contributed by atoms with E-state index in [1.807, 2.05) is 47.4 Å². The highest BCUT2D eigenvalue weighted by Crippen LogP contribution is 2.27. The van der Waals surface area contributed by atoms with Gasteiger partial charge in [-0.2, -0.15) is 0 Å². The van der Waals surface area contributed by atoms with Crippen molar-refractivity contribution >= 4 is 28.9 Å². The molecule has 2 aromatic rings. The van der Waals surface area contributed by atoms with Crippen LogP contribution in [0.3, 0.4) is 0 Å². The van der Waals surface area contributed by atoms with E-state index in [0.717, 1.165) is 16.9 Å². The Bertz CT molecular complexity index is 613. The molecule has 1 aliphatic heterocycles. The van der Waals surface area contributed by atoms with Crippen LogP contribution < -0.4 is 10.2 Å². The van der Waals surface area contributed by atoms with Gasteiger partial charge in [0.05, 0.1) is 6.54 Å². The van der Waals surface area contributed by atoms with Crippen molar-refractivity contribution in [3.8, 4) is 0 Å². The number of amides is 1. The van der Waals surface area contributed by atoms with Crippen LogP contribution in [0, 0.1) is 0 Å². The van der Waals surface area contributed by atoms with Gasteiger partial charge in [-0.25, -0.2) is 0 Å². The highest BCUT2D eigenvalue weighted by Gasteiger charge is 2.19. The van der Waals surface area contributed by atoms with Crippen molar-refractivity contribution < 1.29 is 4.79 Å². The molecule has 1 aliphatic rings. The SMILES string of the molecule is O=C1CN(c2ccccc2)Cc2cc(Cl)ccc2N1. The van der Waals surface area contributed by atoms with E-state index in [-0.39, 0.29) is 5.91 Å². The number of rotatable bonds is 1. The van der Waals surface area contributed by atoms with Gasteiger partial charge in [0.15, 0.2) is 0 Å². The van der Waals surface area contributed by atoms with E-state index in [1.54, 1.807) is 6.07 Å². The zero-order valence-electron chi connectivity index (χ0n) is 10.3. The maximum Gasteiger partial charge on any atom is 0.243 e. The maximum atomic E-state index is 11.9. The number of nitrogens with one attached hydrogen (secondary N) is 1. The van der Waals surface area contributed by atoms with Gasteiger partial charge in [0.2, 0.25) is 5.91 Å². The van der Waals surface area contributed by atoms with Gasteiger partial charge in [-0.1, -0.05) is 29.8 Å². The van der Waals surface area contributed by atoms with Crippen molar-refractivity contribution in [2.45, 2.75) is 6.54 Å². The van der Waals surface area contributed by atoms with E-state index >= 15 is 0 Å². The first-order valence-electron chi connectivity index (χ1n) is 6.10. The summed E-state index contributed by atoms with van der Waals surface area (Å²) in [5, 5.41) is 3.59. The largest absolute Gasteiger partial charge is 0.358 e. The molecule has 0 aromatic heterocycles. The van der Waals surface area contributed by atoms with Crippen molar-refractivity contribution in [3.05, 3.63) is 59.1 Å². The maximum absolute atomic E-state index is 11.9. The standard InChI is InChI=1S/C15H13ClN2O/c16-12-6-7-14-11(8-12)9-18(10-15(19)17-14)13-4-2-1-3-5-13/h1-8H,9-10H2,(H,17,19). The Kier molecular flexibility index (Phi) is 3.13. The summed E-state index contributed by atoms with van der Waals surface area (Å²) in [6.45, 7) is 1.01. The molecule has 2 aromatic carbocycles. The minimum absolute atomic E-state index is 0.00933. The zero-order valence-corrected chi connectivity index (χ0v) is 11.0. The first kappa shape index (κ1) is 12.1. The number of anilines is 2. The van der Waals surface area contributed by atoms with Gasteiger partial charge in [0.25, 0.3) is 0 Å². The molecule has 1 N–H and O–H groups in total. The topological polar surface area (TPSA) is 32.3 Å². The van der Waals surface area contributed by atoms with Crippen LogP contribution in [0.25, 0.3) is 0 Å². The number of hydrogen-bond acceptors (Lipinski definition) is 2. The third kappa shape index (κ3) is 2.56. The van der Waals surface area contributed by atoms with Crippen molar-refractivity contribution in [2.75, 3.05) is 16.8 Å². The van der Waals surface area contributed by atoms with Gasteiger partial charge in [-0.3, -0.25) is 4.79 Å². The van der Waals surface area contributed by atoms with E-state index in [4.69, 9.17) is 11.6 Å². The Hall–Kier alpha value is -2.00. The van der Waals surface area contributed by atoms with E-state index in [2.05, 4.69) is 5.32 Å². The summed E-state index contributed by atoms with van der Waals surface area (Å²) in [4.78, 5) is 14.0. The Morgan fingerprint density at radius 2 is 1.84 bits per heavy atom. The molecule has 0 saturated heterocycles. The number of carbonyl (C=O) groups excluding carboxylic acids is 1. The molecule has 96 valence electrons. The van der Waals surface area contributed by atoms with Crippen molar-refractivity contribution in [3.63, 3.8) is 0 Å². The molecule has 3 rings (SSSR count). The third-order valence-corrected chi connectivity index (χ3v) is 3.39. The number of carbonyl (C=O) groups is 1. The Morgan fingerprint density at radius 1 is 1.05 bits per heavy atom. The second-order valence-corrected chi connectivity index (χ2v) is 4.98. The molecule has 0 radical (unpaired) electrons. The molecule has 3 nitrogen and oxygen atoms in total. The lowest BCUT2D eigenvalue weighted by atomic mass is 10.1. The average molecular weight is 273 g/mol. The van der Waals surface area contributed by atoms with Crippen LogP contribution in [0.15, 0.2) is 48.5 Å². The molecular weight excluding hydrogens is 260 g/mol. The first-order chi connectivity index (χ1) is 9.22. The normalized spacial score (nSPS) is 14.6. The van der Waals surface area contributed by atoms with Crippen LogP contribution in [0.1, 0.15) is 5.56 Å². The molecule has 0 atom stereocenters. The van der Waals surface area contributed by atoms with Crippen LogP contribution >= 0.6 is 11.6 Å². The number of halogens is 1.